The molecule has 0 spiro atoms. The highest BCUT2D eigenvalue weighted by atomic mass is 32.1. The van der Waals surface area contributed by atoms with Gasteiger partial charge in [0.25, 0.3) is 0 Å². The van der Waals surface area contributed by atoms with Gasteiger partial charge >= 0.3 is 0 Å². The minimum Gasteiger partial charge on any atom is -0.489 e. The molecule has 2 aromatic carbocycles. The summed E-state index contributed by atoms with van der Waals surface area (Å²) in [7, 11) is 0. The average molecular weight is 472 g/mol. The third-order valence-electron chi connectivity index (χ3n) is 5.23. The molecule has 0 aliphatic carbocycles. The normalized spacial score (nSPS) is 11.3. The van der Waals surface area contributed by atoms with Crippen LogP contribution in [0.3, 0.4) is 0 Å². The lowest BCUT2D eigenvalue weighted by atomic mass is 10.1. The van der Waals surface area contributed by atoms with Crippen LogP contribution in [0.15, 0.2) is 75.8 Å². The predicted molar refractivity (Wildman–Crippen MR) is 128 cm³/mol. The van der Waals surface area contributed by atoms with Crippen molar-refractivity contribution < 1.29 is 9.15 Å². The van der Waals surface area contributed by atoms with Crippen LogP contribution < -0.4 is 4.74 Å². The number of tetrazole rings is 1. The fourth-order valence-electron chi connectivity index (χ4n) is 3.60. The number of rotatable bonds is 7. The van der Waals surface area contributed by atoms with Gasteiger partial charge in [-0.05, 0) is 46.8 Å². The minimum atomic E-state index is 0.445. The molecule has 0 atom stereocenters. The Bertz CT molecular complexity index is 1500. The fourth-order valence-corrected chi connectivity index (χ4v) is 5.13. The zero-order chi connectivity index (χ0) is 22.0. The lowest BCUT2D eigenvalue weighted by molar-refractivity contribution is 0.305. The largest absolute Gasteiger partial charge is 0.489 e. The first kappa shape index (κ1) is 19.8. The van der Waals surface area contributed by atoms with Crippen molar-refractivity contribution in [3.05, 3.63) is 88.4 Å². The van der Waals surface area contributed by atoms with Crippen molar-refractivity contribution in [2.75, 3.05) is 0 Å². The van der Waals surface area contributed by atoms with E-state index in [4.69, 9.17) is 14.1 Å². The highest BCUT2D eigenvalue weighted by molar-refractivity contribution is 7.15. The number of furan rings is 1. The lowest BCUT2D eigenvalue weighted by Gasteiger charge is -2.10. The van der Waals surface area contributed by atoms with Crippen molar-refractivity contribution in [1.29, 1.82) is 0 Å². The highest BCUT2D eigenvalue weighted by Gasteiger charge is 2.13. The summed E-state index contributed by atoms with van der Waals surface area (Å²) in [5.74, 6) is 2.20. The molecule has 0 unspecified atom stereocenters. The maximum atomic E-state index is 6.11. The summed E-state index contributed by atoms with van der Waals surface area (Å²) in [6, 6.07) is 20.1. The van der Waals surface area contributed by atoms with Crippen molar-refractivity contribution in [2.24, 2.45) is 0 Å². The number of nitrogens with zero attached hydrogens (tertiary/aromatic N) is 4. The molecule has 0 saturated carbocycles. The van der Waals surface area contributed by atoms with Gasteiger partial charge in [-0.1, -0.05) is 35.5 Å². The van der Waals surface area contributed by atoms with Crippen molar-refractivity contribution in [1.82, 2.24) is 25.6 Å². The van der Waals surface area contributed by atoms with E-state index in [0.29, 0.717) is 18.9 Å². The van der Waals surface area contributed by atoms with Crippen LogP contribution in [0.5, 0.6) is 5.75 Å². The Kier molecular flexibility index (Phi) is 5.17. The van der Waals surface area contributed by atoms with E-state index in [9.17, 15) is 0 Å². The van der Waals surface area contributed by atoms with E-state index in [1.165, 1.54) is 0 Å². The Morgan fingerprint density at radius 1 is 0.970 bits per heavy atom. The summed E-state index contributed by atoms with van der Waals surface area (Å²) in [5, 5.41) is 20.2. The zero-order valence-electron chi connectivity index (χ0n) is 17.3. The van der Waals surface area contributed by atoms with Gasteiger partial charge in [-0.25, -0.2) is 4.98 Å². The summed E-state index contributed by atoms with van der Waals surface area (Å²) in [6.07, 6.45) is 0.599. The Balaban J connectivity index is 1.20. The molecule has 0 amide bonds. The number of ether oxygens (including phenoxy) is 1. The number of aromatic amines is 1. The Hall–Kier alpha value is -3.82. The Morgan fingerprint density at radius 2 is 1.91 bits per heavy atom. The standard InChI is InChI=1S/C24H17N5O2S2/c1-2-5-16(15(4-1)12-23-26-28-29-27-23)13-30-18-7-8-20-17(10-18)11-21(31-20)24-25-19(14-33-24)22-6-3-9-32-22/h1-11,14H,12-13H2,(H,26,27,28,29). The summed E-state index contributed by atoms with van der Waals surface area (Å²) >= 11 is 3.27. The number of H-pyrrole nitrogens is 1. The van der Waals surface area contributed by atoms with Crippen LogP contribution in [-0.4, -0.2) is 25.6 Å². The molecule has 4 aromatic heterocycles. The molecule has 0 aliphatic heterocycles. The maximum absolute atomic E-state index is 6.11. The van der Waals surface area contributed by atoms with Crippen molar-refractivity contribution in [3.8, 4) is 27.1 Å². The minimum absolute atomic E-state index is 0.445. The molecule has 33 heavy (non-hydrogen) atoms. The van der Waals surface area contributed by atoms with Gasteiger partial charge in [-0.2, -0.15) is 5.21 Å². The third kappa shape index (κ3) is 4.15. The van der Waals surface area contributed by atoms with Crippen molar-refractivity contribution >= 4 is 33.6 Å². The quantitative estimate of drug-likeness (QED) is 0.309. The van der Waals surface area contributed by atoms with E-state index in [-0.39, 0.29) is 0 Å². The molecule has 7 nitrogen and oxygen atoms in total. The van der Waals surface area contributed by atoms with Gasteiger partial charge in [-0.3, -0.25) is 0 Å². The second-order valence-electron chi connectivity index (χ2n) is 7.39. The predicted octanol–water partition coefficient (Wildman–Crippen LogP) is 5.97. The Morgan fingerprint density at radius 3 is 2.76 bits per heavy atom. The van der Waals surface area contributed by atoms with Crippen LogP contribution in [0.1, 0.15) is 17.0 Å². The molecule has 0 bridgehead atoms. The molecular weight excluding hydrogens is 454 g/mol. The number of nitrogens with one attached hydrogen (secondary N) is 1. The topological polar surface area (TPSA) is 89.7 Å². The van der Waals surface area contributed by atoms with Crippen LogP contribution in [0, 0.1) is 0 Å². The number of thiophene rings is 1. The highest BCUT2D eigenvalue weighted by Crippen LogP contribution is 2.35. The van der Waals surface area contributed by atoms with Gasteiger partial charge in [-0.15, -0.1) is 32.9 Å². The van der Waals surface area contributed by atoms with Crippen LogP contribution in [0.2, 0.25) is 0 Å². The average Bonchev–Trinajstić information content (AvgIpc) is 3.64. The number of benzene rings is 2. The van der Waals surface area contributed by atoms with E-state index < -0.39 is 0 Å². The van der Waals surface area contributed by atoms with Gasteiger partial charge in [0.2, 0.25) is 0 Å². The molecule has 9 heteroatoms. The van der Waals surface area contributed by atoms with E-state index in [2.05, 4.69) is 49.6 Å². The summed E-state index contributed by atoms with van der Waals surface area (Å²) in [6.45, 7) is 0.445. The summed E-state index contributed by atoms with van der Waals surface area (Å²) in [5.41, 5.74) is 3.98. The first-order valence-corrected chi connectivity index (χ1v) is 12.0. The van der Waals surface area contributed by atoms with Gasteiger partial charge < -0.3 is 9.15 Å². The smallest absolute Gasteiger partial charge is 0.178 e. The second-order valence-corrected chi connectivity index (χ2v) is 9.19. The van der Waals surface area contributed by atoms with Crippen LogP contribution in [0.4, 0.5) is 0 Å². The first-order chi connectivity index (χ1) is 16.3. The summed E-state index contributed by atoms with van der Waals surface area (Å²) in [4.78, 5) is 5.90. The number of fused-ring (bicyclic) bond motifs is 1. The molecule has 162 valence electrons. The van der Waals surface area contributed by atoms with E-state index in [1.54, 1.807) is 22.7 Å². The van der Waals surface area contributed by atoms with E-state index in [0.717, 1.165) is 49.2 Å². The van der Waals surface area contributed by atoms with Gasteiger partial charge in [0, 0.05) is 17.2 Å². The fraction of sp³-hybridized carbons (Fsp3) is 0.0833. The Labute approximate surface area is 196 Å². The molecule has 0 radical (unpaired) electrons. The number of hydrogen-bond acceptors (Lipinski definition) is 8. The molecular formula is C24H17N5O2S2. The van der Waals surface area contributed by atoms with Gasteiger partial charge in [0.15, 0.2) is 16.6 Å². The second kappa shape index (κ2) is 8.61. The van der Waals surface area contributed by atoms with Gasteiger partial charge in [0.1, 0.15) is 17.9 Å². The third-order valence-corrected chi connectivity index (χ3v) is 6.98. The van der Waals surface area contributed by atoms with Crippen molar-refractivity contribution in [3.63, 3.8) is 0 Å². The van der Waals surface area contributed by atoms with E-state index >= 15 is 0 Å². The number of aromatic nitrogens is 5. The number of thiazole rings is 1. The molecule has 1 N–H and O–H groups in total. The zero-order valence-corrected chi connectivity index (χ0v) is 18.9. The molecule has 6 aromatic rings. The molecule has 0 aliphatic rings. The number of hydrogen-bond donors (Lipinski definition) is 1. The lowest BCUT2D eigenvalue weighted by Crippen LogP contribution is -2.02. The monoisotopic (exact) mass is 471 g/mol. The summed E-state index contributed by atoms with van der Waals surface area (Å²) < 4.78 is 12.2. The molecule has 6 rings (SSSR count). The van der Waals surface area contributed by atoms with Crippen LogP contribution in [0.25, 0.3) is 32.3 Å². The molecule has 0 fully saturated rings. The van der Waals surface area contributed by atoms with E-state index in [1.807, 2.05) is 42.5 Å². The van der Waals surface area contributed by atoms with Crippen molar-refractivity contribution in [2.45, 2.75) is 13.0 Å². The molecule has 4 heterocycles. The van der Waals surface area contributed by atoms with Gasteiger partial charge in [0.05, 0.1) is 10.6 Å². The van der Waals surface area contributed by atoms with Crippen LogP contribution >= 0.6 is 22.7 Å². The first-order valence-electron chi connectivity index (χ1n) is 10.3. The van der Waals surface area contributed by atoms with Crippen LogP contribution in [-0.2, 0) is 13.0 Å². The SMILES string of the molecule is c1csc(-c2csc(-c3cc4cc(OCc5ccccc5Cc5nn[nH]n5)ccc4o3)n2)c1. The maximum Gasteiger partial charge on any atom is 0.178 e. The molecule has 0 saturated heterocycles.